The first-order valence-corrected chi connectivity index (χ1v) is 3.07. The topological polar surface area (TPSA) is 88.5 Å². The molecule has 0 aliphatic heterocycles. The van der Waals surface area contributed by atoms with Crippen molar-refractivity contribution in [2.45, 2.75) is 13.3 Å². The summed E-state index contributed by atoms with van der Waals surface area (Å²) in [6.45, 7) is 2.10. The molecule has 5 nitrogen and oxygen atoms in total. The Morgan fingerprint density at radius 2 is 2.45 bits per heavy atom. The predicted molar refractivity (Wildman–Crippen MR) is 38.9 cm³/mol. The molecule has 0 bridgehead atoms. The maximum atomic E-state index is 10.2. The number of ether oxygens (including phenoxy) is 1. The number of nitrogens with two attached hydrogens (primary N) is 1. The van der Waals surface area contributed by atoms with E-state index in [0.29, 0.717) is 6.61 Å². The monoisotopic (exact) mass is 155 g/mol. The Bertz CT molecular complexity index is 204. The van der Waals surface area contributed by atoms with Crippen LogP contribution < -0.4 is 5.73 Å². The van der Waals surface area contributed by atoms with Crippen molar-refractivity contribution >= 4 is 11.9 Å². The van der Waals surface area contributed by atoms with Crippen molar-refractivity contribution in [3.8, 4) is 6.07 Å². The molecule has 0 aromatic heterocycles. The number of aliphatic imine (C=N–C) groups is 1. The zero-order chi connectivity index (χ0) is 8.69. The molecule has 0 radical (unpaired) electrons. The lowest BCUT2D eigenvalue weighted by Gasteiger charge is -2.00. The second-order valence-corrected chi connectivity index (χ2v) is 1.61. The number of urea groups is 1. The summed E-state index contributed by atoms with van der Waals surface area (Å²) in [5.41, 5.74) is 4.74. The molecular formula is C6H9N3O2. The van der Waals surface area contributed by atoms with Crippen LogP contribution >= 0.6 is 0 Å². The normalized spacial score (nSPS) is 10.4. The SMILES string of the molecule is CCOC(CC#N)=NC(N)=O. The zero-order valence-electron chi connectivity index (χ0n) is 6.20. The molecule has 0 aromatic carbocycles. The Morgan fingerprint density at radius 1 is 1.82 bits per heavy atom. The van der Waals surface area contributed by atoms with Crippen molar-refractivity contribution in [2.24, 2.45) is 10.7 Å². The summed E-state index contributed by atoms with van der Waals surface area (Å²) in [6, 6.07) is 0.951. The lowest BCUT2D eigenvalue weighted by molar-refractivity contribution is 0.254. The van der Waals surface area contributed by atoms with Crippen LogP contribution in [0.25, 0.3) is 0 Å². The first-order chi connectivity index (χ1) is 5.20. The van der Waals surface area contributed by atoms with Gasteiger partial charge in [0.25, 0.3) is 0 Å². The van der Waals surface area contributed by atoms with Gasteiger partial charge in [-0.25, -0.2) is 4.79 Å². The van der Waals surface area contributed by atoms with E-state index in [1.165, 1.54) is 0 Å². The molecule has 0 aromatic rings. The van der Waals surface area contributed by atoms with Crippen LogP contribution in [0.5, 0.6) is 0 Å². The molecule has 0 saturated carbocycles. The molecule has 2 N–H and O–H groups in total. The lowest BCUT2D eigenvalue weighted by atomic mass is 10.5. The van der Waals surface area contributed by atoms with Crippen molar-refractivity contribution in [1.29, 1.82) is 5.26 Å². The van der Waals surface area contributed by atoms with Gasteiger partial charge < -0.3 is 10.5 Å². The molecule has 5 heteroatoms. The number of carbonyl (C=O) groups excluding carboxylic acids is 1. The van der Waals surface area contributed by atoms with Gasteiger partial charge in [-0.15, -0.1) is 0 Å². The highest BCUT2D eigenvalue weighted by Gasteiger charge is 1.99. The highest BCUT2D eigenvalue weighted by Crippen LogP contribution is 1.88. The van der Waals surface area contributed by atoms with Crippen LogP contribution in [0.15, 0.2) is 4.99 Å². The third-order valence-corrected chi connectivity index (χ3v) is 0.776. The minimum atomic E-state index is -0.844. The van der Waals surface area contributed by atoms with E-state index in [0.717, 1.165) is 0 Å². The molecule has 0 fully saturated rings. The third kappa shape index (κ3) is 4.90. The van der Waals surface area contributed by atoms with Crippen LogP contribution in [0.1, 0.15) is 13.3 Å². The number of carbonyl (C=O) groups is 1. The second-order valence-electron chi connectivity index (χ2n) is 1.61. The van der Waals surface area contributed by atoms with Gasteiger partial charge in [0.05, 0.1) is 12.7 Å². The summed E-state index contributed by atoms with van der Waals surface area (Å²) in [5.74, 6) is 0.0718. The van der Waals surface area contributed by atoms with E-state index in [-0.39, 0.29) is 12.3 Å². The molecule has 2 amide bonds. The molecule has 60 valence electrons. The molecule has 0 rings (SSSR count). The summed E-state index contributed by atoms with van der Waals surface area (Å²) in [6.07, 6.45) is -0.0310. The van der Waals surface area contributed by atoms with Gasteiger partial charge in [-0.1, -0.05) is 0 Å². The maximum Gasteiger partial charge on any atom is 0.341 e. The molecule has 0 atom stereocenters. The highest BCUT2D eigenvalue weighted by atomic mass is 16.5. The molecular weight excluding hydrogens is 146 g/mol. The number of primary amides is 1. The Morgan fingerprint density at radius 3 is 2.82 bits per heavy atom. The fraction of sp³-hybridized carbons (Fsp3) is 0.500. The first-order valence-electron chi connectivity index (χ1n) is 3.07. The smallest absolute Gasteiger partial charge is 0.341 e. The summed E-state index contributed by atoms with van der Waals surface area (Å²) < 4.78 is 4.82. The summed E-state index contributed by atoms with van der Waals surface area (Å²) >= 11 is 0. The quantitative estimate of drug-likeness (QED) is 0.462. The van der Waals surface area contributed by atoms with Crippen molar-refractivity contribution in [3.63, 3.8) is 0 Å². The molecule has 0 heterocycles. The maximum absolute atomic E-state index is 10.2. The predicted octanol–water partition coefficient (Wildman–Crippen LogP) is 0.414. The van der Waals surface area contributed by atoms with Gasteiger partial charge >= 0.3 is 6.03 Å². The molecule has 0 spiro atoms. The second kappa shape index (κ2) is 5.23. The van der Waals surface area contributed by atoms with Crippen LogP contribution in [0.3, 0.4) is 0 Å². The van der Waals surface area contributed by atoms with Gasteiger partial charge in [-0.05, 0) is 6.92 Å². The van der Waals surface area contributed by atoms with Crippen molar-refractivity contribution in [1.82, 2.24) is 0 Å². The van der Waals surface area contributed by atoms with E-state index in [2.05, 4.69) is 4.99 Å². The number of amides is 2. The van der Waals surface area contributed by atoms with Crippen LogP contribution in [0.4, 0.5) is 4.79 Å². The number of hydrogen-bond donors (Lipinski definition) is 1. The number of nitrogens with zero attached hydrogens (tertiary/aromatic N) is 2. The van der Waals surface area contributed by atoms with Gasteiger partial charge in [-0.3, -0.25) is 0 Å². The van der Waals surface area contributed by atoms with Gasteiger partial charge in [0.1, 0.15) is 6.42 Å². The molecule has 0 aliphatic carbocycles. The van der Waals surface area contributed by atoms with Crippen molar-refractivity contribution < 1.29 is 9.53 Å². The average molecular weight is 155 g/mol. The fourth-order valence-electron chi connectivity index (χ4n) is 0.480. The Hall–Kier alpha value is -1.57. The number of nitriles is 1. The molecule has 0 aliphatic rings. The lowest BCUT2D eigenvalue weighted by Crippen LogP contribution is -2.11. The van der Waals surface area contributed by atoms with E-state index in [1.807, 2.05) is 0 Å². The fourth-order valence-corrected chi connectivity index (χ4v) is 0.480. The van der Waals surface area contributed by atoms with Crippen LogP contribution in [0, 0.1) is 11.3 Å². The zero-order valence-corrected chi connectivity index (χ0v) is 6.20. The van der Waals surface area contributed by atoms with Gasteiger partial charge in [0, 0.05) is 0 Å². The van der Waals surface area contributed by atoms with E-state index in [4.69, 9.17) is 15.7 Å². The summed E-state index contributed by atoms with van der Waals surface area (Å²) in [5, 5.41) is 8.21. The van der Waals surface area contributed by atoms with Gasteiger partial charge in [0.15, 0.2) is 0 Å². The van der Waals surface area contributed by atoms with E-state index in [1.54, 1.807) is 13.0 Å². The van der Waals surface area contributed by atoms with Crippen molar-refractivity contribution in [3.05, 3.63) is 0 Å². The van der Waals surface area contributed by atoms with E-state index >= 15 is 0 Å². The number of rotatable bonds is 2. The van der Waals surface area contributed by atoms with Gasteiger partial charge in [-0.2, -0.15) is 10.3 Å². The molecule has 11 heavy (non-hydrogen) atoms. The standard InChI is InChI=1S/C6H9N3O2/c1-2-11-5(3-4-7)9-6(8)10/h2-3H2,1H3,(H2,8,10). The Labute approximate surface area is 64.5 Å². The number of hydrogen-bond acceptors (Lipinski definition) is 3. The van der Waals surface area contributed by atoms with E-state index < -0.39 is 6.03 Å². The Balaban J connectivity index is 4.10. The van der Waals surface area contributed by atoms with Crippen LogP contribution in [-0.4, -0.2) is 18.5 Å². The summed E-state index contributed by atoms with van der Waals surface area (Å²) in [4.78, 5) is 13.5. The largest absolute Gasteiger partial charge is 0.480 e. The average Bonchev–Trinajstić information content (AvgIpc) is 1.87. The van der Waals surface area contributed by atoms with Gasteiger partial charge in [0.2, 0.25) is 5.90 Å². The molecule has 0 saturated heterocycles. The van der Waals surface area contributed by atoms with Crippen LogP contribution in [-0.2, 0) is 4.74 Å². The summed E-state index contributed by atoms with van der Waals surface area (Å²) in [7, 11) is 0. The Kier molecular flexibility index (Phi) is 4.49. The third-order valence-electron chi connectivity index (χ3n) is 0.776. The first kappa shape index (κ1) is 9.43. The van der Waals surface area contributed by atoms with Crippen LogP contribution in [0.2, 0.25) is 0 Å². The van der Waals surface area contributed by atoms with Crippen molar-refractivity contribution in [2.75, 3.05) is 6.61 Å². The molecule has 0 unspecified atom stereocenters. The van der Waals surface area contributed by atoms with E-state index in [9.17, 15) is 4.79 Å². The highest BCUT2D eigenvalue weighted by molar-refractivity contribution is 5.90. The minimum Gasteiger partial charge on any atom is -0.480 e. The minimum absolute atomic E-state index is 0.0310.